The van der Waals surface area contributed by atoms with Crippen LogP contribution < -0.4 is 5.73 Å². The molecular weight excluding hydrogens is 212 g/mol. The molecule has 1 fully saturated rings. The smallest absolute Gasteiger partial charge is 0.152 e. The van der Waals surface area contributed by atoms with E-state index in [1.165, 1.54) is 0 Å². The van der Waals surface area contributed by atoms with Gasteiger partial charge in [-0.15, -0.1) is 0 Å². The van der Waals surface area contributed by atoms with E-state index in [1.54, 1.807) is 0 Å². The molecule has 4 nitrogen and oxygen atoms in total. The summed E-state index contributed by atoms with van der Waals surface area (Å²) in [5.74, 6) is 0.587. The molecule has 1 heterocycles. The van der Waals surface area contributed by atoms with E-state index in [2.05, 4.69) is 18.7 Å². The fourth-order valence-electron chi connectivity index (χ4n) is 1.63. The van der Waals surface area contributed by atoms with Crippen LogP contribution in [0.25, 0.3) is 0 Å². The minimum absolute atomic E-state index is 0.0428. The van der Waals surface area contributed by atoms with Crippen molar-refractivity contribution in [3.63, 3.8) is 0 Å². The number of nitrogens with zero attached hydrogens (tertiary/aromatic N) is 1. The molecule has 0 radical (unpaired) electrons. The normalized spacial score (nSPS) is 25.1. The van der Waals surface area contributed by atoms with E-state index in [4.69, 9.17) is 5.73 Å². The van der Waals surface area contributed by atoms with Gasteiger partial charge in [-0.3, -0.25) is 0 Å². The van der Waals surface area contributed by atoms with Crippen LogP contribution in [-0.2, 0) is 9.84 Å². The van der Waals surface area contributed by atoms with Crippen LogP contribution in [0, 0.1) is 5.41 Å². The van der Waals surface area contributed by atoms with Gasteiger partial charge in [-0.1, -0.05) is 13.8 Å². The molecule has 1 aliphatic heterocycles. The van der Waals surface area contributed by atoms with E-state index in [0.29, 0.717) is 24.6 Å². The van der Waals surface area contributed by atoms with Gasteiger partial charge < -0.3 is 10.6 Å². The van der Waals surface area contributed by atoms with Crippen molar-refractivity contribution in [2.75, 3.05) is 31.1 Å². The fraction of sp³-hybridized carbons (Fsp3) is 1.00. The van der Waals surface area contributed by atoms with Crippen molar-refractivity contribution in [1.82, 2.24) is 4.90 Å². The molecule has 0 aromatic carbocycles. The minimum Gasteiger partial charge on any atom is -0.327 e. The van der Waals surface area contributed by atoms with Crippen LogP contribution in [0.1, 0.15) is 20.8 Å². The van der Waals surface area contributed by atoms with E-state index < -0.39 is 9.84 Å². The monoisotopic (exact) mass is 234 g/mol. The van der Waals surface area contributed by atoms with E-state index in [9.17, 15) is 8.42 Å². The lowest BCUT2D eigenvalue weighted by Gasteiger charge is -2.37. The Labute approximate surface area is 92.7 Å². The fourth-order valence-corrected chi connectivity index (χ4v) is 2.91. The third-order valence-electron chi connectivity index (χ3n) is 3.30. The molecule has 0 amide bonds. The van der Waals surface area contributed by atoms with Crippen LogP contribution in [0.2, 0.25) is 0 Å². The predicted molar refractivity (Wildman–Crippen MR) is 62.5 cm³/mol. The van der Waals surface area contributed by atoms with E-state index in [0.717, 1.165) is 6.54 Å². The lowest BCUT2D eigenvalue weighted by atomic mass is 9.85. The van der Waals surface area contributed by atoms with Crippen LogP contribution in [0.3, 0.4) is 0 Å². The molecule has 0 aromatic heterocycles. The SMILES string of the molecule is CC(N)C(C)(C)CN1CCS(=O)(=O)CC1. The zero-order chi connectivity index (χ0) is 11.7. The van der Waals surface area contributed by atoms with Crippen molar-refractivity contribution in [2.24, 2.45) is 11.1 Å². The molecule has 0 aromatic rings. The number of hydrogen-bond acceptors (Lipinski definition) is 4. The Balaban J connectivity index is 2.49. The Bertz CT molecular complexity index is 295. The molecule has 1 aliphatic rings. The van der Waals surface area contributed by atoms with Crippen molar-refractivity contribution < 1.29 is 8.42 Å². The highest BCUT2D eigenvalue weighted by Crippen LogP contribution is 2.21. The molecular formula is C10H22N2O2S. The molecule has 0 spiro atoms. The largest absolute Gasteiger partial charge is 0.327 e. The van der Waals surface area contributed by atoms with Gasteiger partial charge in [0.2, 0.25) is 0 Å². The van der Waals surface area contributed by atoms with Crippen LogP contribution in [0.4, 0.5) is 0 Å². The highest BCUT2D eigenvalue weighted by Gasteiger charge is 2.29. The summed E-state index contributed by atoms with van der Waals surface area (Å²) in [7, 11) is -2.76. The molecule has 1 atom stereocenters. The molecule has 15 heavy (non-hydrogen) atoms. The lowest BCUT2D eigenvalue weighted by Crippen LogP contribution is -2.49. The first kappa shape index (κ1) is 12.9. The van der Waals surface area contributed by atoms with Crippen molar-refractivity contribution in [2.45, 2.75) is 26.8 Å². The van der Waals surface area contributed by atoms with Gasteiger partial charge in [-0.05, 0) is 12.3 Å². The molecule has 90 valence electrons. The number of sulfone groups is 1. The van der Waals surface area contributed by atoms with Crippen molar-refractivity contribution >= 4 is 9.84 Å². The van der Waals surface area contributed by atoms with Crippen LogP contribution >= 0.6 is 0 Å². The summed E-state index contributed by atoms with van der Waals surface area (Å²) in [6, 6.07) is 0.121. The summed E-state index contributed by atoms with van der Waals surface area (Å²) in [6.07, 6.45) is 0. The lowest BCUT2D eigenvalue weighted by molar-refractivity contribution is 0.166. The van der Waals surface area contributed by atoms with E-state index in [-0.39, 0.29) is 11.5 Å². The third kappa shape index (κ3) is 3.74. The van der Waals surface area contributed by atoms with Gasteiger partial charge in [0.25, 0.3) is 0 Å². The predicted octanol–water partition coefficient (Wildman–Crippen LogP) is 0.0902. The summed E-state index contributed by atoms with van der Waals surface area (Å²) in [4.78, 5) is 2.20. The molecule has 0 aliphatic carbocycles. The zero-order valence-electron chi connectivity index (χ0n) is 9.86. The summed E-state index contributed by atoms with van der Waals surface area (Å²) >= 11 is 0. The Morgan fingerprint density at radius 3 is 2.20 bits per heavy atom. The van der Waals surface area contributed by atoms with Gasteiger partial charge >= 0.3 is 0 Å². The van der Waals surface area contributed by atoms with Crippen molar-refractivity contribution in [3.8, 4) is 0 Å². The molecule has 5 heteroatoms. The van der Waals surface area contributed by atoms with E-state index >= 15 is 0 Å². The second-order valence-electron chi connectivity index (χ2n) is 5.21. The first-order chi connectivity index (χ1) is 6.73. The highest BCUT2D eigenvalue weighted by molar-refractivity contribution is 7.91. The Hall–Kier alpha value is -0.130. The molecule has 1 rings (SSSR count). The minimum atomic E-state index is -2.76. The van der Waals surface area contributed by atoms with Gasteiger partial charge in [0.1, 0.15) is 0 Å². The molecule has 0 saturated carbocycles. The topological polar surface area (TPSA) is 63.4 Å². The van der Waals surface area contributed by atoms with E-state index in [1.807, 2.05) is 6.92 Å². The van der Waals surface area contributed by atoms with Crippen LogP contribution in [0.5, 0.6) is 0 Å². The average Bonchev–Trinajstić information content (AvgIpc) is 2.08. The Kier molecular flexibility index (Phi) is 3.79. The summed E-state index contributed by atoms with van der Waals surface area (Å²) < 4.78 is 22.5. The maximum absolute atomic E-state index is 11.2. The standard InChI is InChI=1S/C10H22N2O2S/c1-9(11)10(2,3)8-12-4-6-15(13,14)7-5-12/h9H,4-8,11H2,1-3H3. The van der Waals surface area contributed by atoms with Gasteiger partial charge in [0.15, 0.2) is 9.84 Å². The van der Waals surface area contributed by atoms with Crippen molar-refractivity contribution in [3.05, 3.63) is 0 Å². The van der Waals surface area contributed by atoms with Gasteiger partial charge in [0, 0.05) is 25.7 Å². The quantitative estimate of drug-likeness (QED) is 0.752. The zero-order valence-corrected chi connectivity index (χ0v) is 10.7. The molecule has 2 N–H and O–H groups in total. The maximum Gasteiger partial charge on any atom is 0.152 e. The first-order valence-corrected chi connectivity index (χ1v) is 7.23. The van der Waals surface area contributed by atoms with Crippen LogP contribution in [0.15, 0.2) is 0 Å². The maximum atomic E-state index is 11.2. The number of hydrogen-bond donors (Lipinski definition) is 1. The Morgan fingerprint density at radius 2 is 1.80 bits per heavy atom. The van der Waals surface area contributed by atoms with Gasteiger partial charge in [0.05, 0.1) is 11.5 Å². The highest BCUT2D eigenvalue weighted by atomic mass is 32.2. The summed E-state index contributed by atoms with van der Waals surface area (Å²) in [5.41, 5.74) is 5.94. The number of nitrogens with two attached hydrogens (primary N) is 1. The van der Waals surface area contributed by atoms with Crippen LogP contribution in [-0.4, -0.2) is 50.5 Å². The average molecular weight is 234 g/mol. The van der Waals surface area contributed by atoms with Gasteiger partial charge in [-0.25, -0.2) is 8.42 Å². The second-order valence-corrected chi connectivity index (χ2v) is 7.51. The summed E-state index contributed by atoms with van der Waals surface area (Å²) in [6.45, 7) is 8.43. The summed E-state index contributed by atoms with van der Waals surface area (Å²) in [5, 5.41) is 0. The third-order valence-corrected chi connectivity index (χ3v) is 4.91. The van der Waals surface area contributed by atoms with Crippen molar-refractivity contribution in [1.29, 1.82) is 0 Å². The Morgan fingerprint density at radius 1 is 1.33 bits per heavy atom. The second kappa shape index (κ2) is 4.39. The van der Waals surface area contributed by atoms with Gasteiger partial charge in [-0.2, -0.15) is 0 Å². The number of rotatable bonds is 3. The molecule has 1 saturated heterocycles. The molecule has 1 unspecified atom stereocenters. The first-order valence-electron chi connectivity index (χ1n) is 5.41. The molecule has 0 bridgehead atoms.